The number of carbonyl (C=O) groups excluding carboxylic acids is 1. The number of carbonyl (C=O) groups is 1. The molecule has 1 aromatic heterocycles. The molecule has 0 saturated carbocycles. The van der Waals surface area contributed by atoms with E-state index in [1.807, 2.05) is 30.3 Å². The SMILES string of the molecule is COc1ccc(-c2cc(=O)n(CC(=O)Nc3ccccc3)cn2)cc1. The highest BCUT2D eigenvalue weighted by Gasteiger charge is 2.07. The standard InChI is InChI=1S/C19H17N3O3/c1-25-16-9-7-14(8-10-16)17-11-19(24)22(13-20-17)12-18(23)21-15-5-3-2-4-6-15/h2-11,13H,12H2,1H3,(H,21,23). The second-order valence-electron chi connectivity index (χ2n) is 5.38. The van der Waals surface area contributed by atoms with Gasteiger partial charge in [-0.1, -0.05) is 18.2 Å². The number of amides is 1. The third-order valence-electron chi connectivity index (χ3n) is 3.64. The molecule has 0 aliphatic heterocycles. The fourth-order valence-electron chi connectivity index (χ4n) is 2.34. The van der Waals surface area contributed by atoms with Gasteiger partial charge in [-0.25, -0.2) is 4.98 Å². The van der Waals surface area contributed by atoms with Crippen molar-refractivity contribution >= 4 is 11.6 Å². The molecule has 3 rings (SSSR count). The topological polar surface area (TPSA) is 73.2 Å². The Hall–Kier alpha value is -3.41. The van der Waals surface area contributed by atoms with Crippen molar-refractivity contribution in [1.82, 2.24) is 9.55 Å². The summed E-state index contributed by atoms with van der Waals surface area (Å²) in [6.07, 6.45) is 1.38. The predicted octanol–water partition coefficient (Wildman–Crippen LogP) is 2.56. The molecule has 25 heavy (non-hydrogen) atoms. The smallest absolute Gasteiger partial charge is 0.254 e. The molecule has 1 amide bonds. The van der Waals surface area contributed by atoms with Gasteiger partial charge in [0.1, 0.15) is 12.3 Å². The second kappa shape index (κ2) is 7.44. The predicted molar refractivity (Wildman–Crippen MR) is 95.6 cm³/mol. The van der Waals surface area contributed by atoms with Crippen LogP contribution in [0.15, 0.2) is 71.8 Å². The number of rotatable bonds is 5. The fraction of sp³-hybridized carbons (Fsp3) is 0.105. The molecule has 6 heteroatoms. The van der Waals surface area contributed by atoms with Gasteiger partial charge in [0, 0.05) is 17.3 Å². The minimum absolute atomic E-state index is 0.0936. The number of para-hydroxylation sites is 1. The van der Waals surface area contributed by atoms with Crippen LogP contribution in [0.1, 0.15) is 0 Å². The monoisotopic (exact) mass is 335 g/mol. The Labute approximate surface area is 144 Å². The number of hydrogen-bond donors (Lipinski definition) is 1. The summed E-state index contributed by atoms with van der Waals surface area (Å²) in [6.45, 7) is -0.0936. The van der Waals surface area contributed by atoms with Crippen LogP contribution in [0.25, 0.3) is 11.3 Å². The van der Waals surface area contributed by atoms with Crippen molar-refractivity contribution in [3.05, 3.63) is 77.3 Å². The van der Waals surface area contributed by atoms with Gasteiger partial charge in [-0.05, 0) is 36.4 Å². The van der Waals surface area contributed by atoms with Crippen LogP contribution in [-0.4, -0.2) is 22.6 Å². The van der Waals surface area contributed by atoms with Gasteiger partial charge < -0.3 is 10.1 Å². The summed E-state index contributed by atoms with van der Waals surface area (Å²) in [5.41, 5.74) is 1.75. The molecule has 0 aliphatic carbocycles. The van der Waals surface area contributed by atoms with Gasteiger partial charge in [-0.2, -0.15) is 0 Å². The van der Waals surface area contributed by atoms with Crippen molar-refractivity contribution in [2.45, 2.75) is 6.54 Å². The van der Waals surface area contributed by atoms with E-state index in [1.165, 1.54) is 17.0 Å². The van der Waals surface area contributed by atoms with E-state index in [1.54, 1.807) is 31.4 Å². The van der Waals surface area contributed by atoms with E-state index in [0.29, 0.717) is 11.4 Å². The Kier molecular flexibility index (Phi) is 4.89. The lowest BCUT2D eigenvalue weighted by Gasteiger charge is -2.08. The molecule has 0 fully saturated rings. The average Bonchev–Trinajstić information content (AvgIpc) is 2.64. The first kappa shape index (κ1) is 16.4. The van der Waals surface area contributed by atoms with Crippen LogP contribution in [0, 0.1) is 0 Å². The van der Waals surface area contributed by atoms with Crippen molar-refractivity contribution in [2.75, 3.05) is 12.4 Å². The first-order chi connectivity index (χ1) is 12.2. The molecule has 0 atom stereocenters. The molecule has 0 radical (unpaired) electrons. The van der Waals surface area contributed by atoms with Crippen LogP contribution in [-0.2, 0) is 11.3 Å². The first-order valence-corrected chi connectivity index (χ1v) is 7.71. The molecule has 3 aromatic rings. The summed E-state index contributed by atoms with van der Waals surface area (Å²) in [5, 5.41) is 2.74. The Morgan fingerprint density at radius 1 is 1.12 bits per heavy atom. The lowest BCUT2D eigenvalue weighted by Crippen LogP contribution is -2.27. The fourth-order valence-corrected chi connectivity index (χ4v) is 2.34. The maximum absolute atomic E-state index is 12.2. The molecule has 0 unspecified atom stereocenters. The van der Waals surface area contributed by atoms with Crippen LogP contribution in [0.5, 0.6) is 5.75 Å². The number of ether oxygens (including phenoxy) is 1. The molecule has 1 heterocycles. The highest BCUT2D eigenvalue weighted by atomic mass is 16.5. The number of methoxy groups -OCH3 is 1. The van der Waals surface area contributed by atoms with Crippen molar-refractivity contribution < 1.29 is 9.53 Å². The Balaban J connectivity index is 1.73. The lowest BCUT2D eigenvalue weighted by molar-refractivity contribution is -0.116. The lowest BCUT2D eigenvalue weighted by atomic mass is 10.1. The van der Waals surface area contributed by atoms with Crippen LogP contribution in [0.3, 0.4) is 0 Å². The highest BCUT2D eigenvalue weighted by Crippen LogP contribution is 2.19. The third kappa shape index (κ3) is 4.11. The number of nitrogens with one attached hydrogen (secondary N) is 1. The minimum Gasteiger partial charge on any atom is -0.497 e. The van der Waals surface area contributed by atoms with Crippen molar-refractivity contribution in [2.24, 2.45) is 0 Å². The van der Waals surface area contributed by atoms with Gasteiger partial charge in [0.2, 0.25) is 5.91 Å². The summed E-state index contributed by atoms with van der Waals surface area (Å²) in [5.74, 6) is 0.446. The average molecular weight is 335 g/mol. The zero-order valence-corrected chi connectivity index (χ0v) is 13.7. The molecule has 0 aliphatic rings. The van der Waals surface area contributed by atoms with Gasteiger partial charge in [-0.3, -0.25) is 14.2 Å². The second-order valence-corrected chi connectivity index (χ2v) is 5.38. The largest absolute Gasteiger partial charge is 0.497 e. The highest BCUT2D eigenvalue weighted by molar-refractivity contribution is 5.90. The molecule has 6 nitrogen and oxygen atoms in total. The van der Waals surface area contributed by atoms with E-state index in [0.717, 1.165) is 11.3 Å². The molecule has 0 spiro atoms. The summed E-state index contributed by atoms with van der Waals surface area (Å²) >= 11 is 0. The molecular weight excluding hydrogens is 318 g/mol. The van der Waals surface area contributed by atoms with Crippen LogP contribution in [0.4, 0.5) is 5.69 Å². The van der Waals surface area contributed by atoms with E-state index in [2.05, 4.69) is 10.3 Å². The summed E-state index contributed by atoms with van der Waals surface area (Å²) < 4.78 is 6.38. The van der Waals surface area contributed by atoms with Gasteiger partial charge in [-0.15, -0.1) is 0 Å². The third-order valence-corrected chi connectivity index (χ3v) is 3.64. The minimum atomic E-state index is -0.288. The van der Waals surface area contributed by atoms with E-state index in [-0.39, 0.29) is 18.0 Å². The van der Waals surface area contributed by atoms with Gasteiger partial charge in [0.15, 0.2) is 0 Å². The molecule has 0 saturated heterocycles. The zero-order valence-electron chi connectivity index (χ0n) is 13.7. The van der Waals surface area contributed by atoms with E-state index >= 15 is 0 Å². The van der Waals surface area contributed by atoms with E-state index in [4.69, 9.17) is 4.74 Å². The number of nitrogens with zero attached hydrogens (tertiary/aromatic N) is 2. The molecule has 2 aromatic carbocycles. The number of aromatic nitrogens is 2. The van der Waals surface area contributed by atoms with Gasteiger partial charge >= 0.3 is 0 Å². The maximum atomic E-state index is 12.2. The van der Waals surface area contributed by atoms with Crippen LogP contribution in [0.2, 0.25) is 0 Å². The number of anilines is 1. The summed E-state index contributed by atoms with van der Waals surface area (Å²) in [7, 11) is 1.59. The van der Waals surface area contributed by atoms with Crippen molar-refractivity contribution in [3.8, 4) is 17.0 Å². The van der Waals surface area contributed by atoms with Gasteiger partial charge in [0.05, 0.1) is 19.1 Å². The van der Waals surface area contributed by atoms with E-state index < -0.39 is 0 Å². The maximum Gasteiger partial charge on any atom is 0.254 e. The summed E-state index contributed by atoms with van der Waals surface area (Å²) in [6, 6.07) is 17.8. The Morgan fingerprint density at radius 2 is 1.84 bits per heavy atom. The van der Waals surface area contributed by atoms with Crippen LogP contribution >= 0.6 is 0 Å². The molecule has 126 valence electrons. The normalized spacial score (nSPS) is 10.3. The number of hydrogen-bond acceptors (Lipinski definition) is 4. The Morgan fingerprint density at radius 3 is 2.48 bits per heavy atom. The Bertz CT molecular complexity index is 919. The molecule has 0 bridgehead atoms. The van der Waals surface area contributed by atoms with Crippen molar-refractivity contribution in [3.63, 3.8) is 0 Å². The van der Waals surface area contributed by atoms with Crippen LogP contribution < -0.4 is 15.6 Å². The van der Waals surface area contributed by atoms with Crippen molar-refractivity contribution in [1.29, 1.82) is 0 Å². The first-order valence-electron chi connectivity index (χ1n) is 7.71. The summed E-state index contributed by atoms with van der Waals surface area (Å²) in [4.78, 5) is 28.6. The quantitative estimate of drug-likeness (QED) is 0.778. The van der Waals surface area contributed by atoms with E-state index in [9.17, 15) is 9.59 Å². The zero-order chi connectivity index (χ0) is 17.6. The molecule has 1 N–H and O–H groups in total. The number of benzene rings is 2. The molecular formula is C19H17N3O3. The van der Waals surface area contributed by atoms with Gasteiger partial charge in [0.25, 0.3) is 5.56 Å².